The number of aryl methyl sites for hydroxylation is 1. The third kappa shape index (κ3) is 5.17. The van der Waals surface area contributed by atoms with E-state index in [9.17, 15) is 0 Å². The van der Waals surface area contributed by atoms with Gasteiger partial charge in [-0.1, -0.05) is 27.7 Å². The van der Waals surface area contributed by atoms with Crippen molar-refractivity contribution in [3.63, 3.8) is 0 Å². The highest BCUT2D eigenvalue weighted by Gasteiger charge is 2.12. The van der Waals surface area contributed by atoms with Crippen molar-refractivity contribution in [1.29, 1.82) is 5.41 Å². The largest absolute Gasteiger partial charge is 0.480 e. The summed E-state index contributed by atoms with van der Waals surface area (Å²) in [7, 11) is 3.38. The van der Waals surface area contributed by atoms with Gasteiger partial charge in [-0.2, -0.15) is 0 Å². The van der Waals surface area contributed by atoms with Gasteiger partial charge in [-0.05, 0) is 19.9 Å². The van der Waals surface area contributed by atoms with Crippen molar-refractivity contribution in [3.05, 3.63) is 17.3 Å². The van der Waals surface area contributed by atoms with E-state index in [2.05, 4.69) is 10.3 Å². The summed E-state index contributed by atoms with van der Waals surface area (Å²) < 4.78 is 5.14. The van der Waals surface area contributed by atoms with Gasteiger partial charge >= 0.3 is 0 Å². The van der Waals surface area contributed by atoms with Gasteiger partial charge in [-0.3, -0.25) is 0 Å². The first kappa shape index (κ1) is 18.8. The molecule has 0 saturated heterocycles. The molecule has 4 heteroatoms. The average molecular weight is 253 g/mol. The van der Waals surface area contributed by atoms with E-state index in [4.69, 9.17) is 10.1 Å². The first-order chi connectivity index (χ1) is 8.60. The lowest BCUT2D eigenvalue weighted by molar-refractivity contribution is 0.396. The number of aromatic nitrogens is 1. The van der Waals surface area contributed by atoms with Crippen LogP contribution in [-0.4, -0.2) is 24.9 Å². The van der Waals surface area contributed by atoms with Gasteiger partial charge in [0, 0.05) is 18.5 Å². The first-order valence-corrected chi connectivity index (χ1v) is 6.39. The highest BCUT2D eigenvalue weighted by atomic mass is 16.5. The second kappa shape index (κ2) is 10.6. The van der Waals surface area contributed by atoms with Crippen molar-refractivity contribution in [2.45, 2.75) is 41.5 Å². The zero-order valence-corrected chi connectivity index (χ0v) is 12.9. The maximum Gasteiger partial charge on any atom is 0.224 e. The predicted molar refractivity (Wildman–Crippen MR) is 80.3 cm³/mol. The second-order valence-corrected chi connectivity index (χ2v) is 3.07. The molecule has 0 saturated carbocycles. The fourth-order valence-corrected chi connectivity index (χ4v) is 1.35. The Morgan fingerprint density at radius 3 is 2.11 bits per heavy atom. The number of hydrogen-bond acceptors (Lipinski definition) is 4. The molecule has 1 aromatic rings. The topological polar surface area (TPSA) is 58.0 Å². The Morgan fingerprint density at radius 2 is 1.78 bits per heavy atom. The van der Waals surface area contributed by atoms with Gasteiger partial charge in [0.15, 0.2) is 0 Å². The van der Waals surface area contributed by atoms with Gasteiger partial charge in [-0.15, -0.1) is 0 Å². The molecule has 0 aliphatic rings. The molecule has 0 atom stereocenters. The van der Waals surface area contributed by atoms with Crippen LogP contribution in [0.5, 0.6) is 5.88 Å². The van der Waals surface area contributed by atoms with Crippen LogP contribution in [0.4, 0.5) is 5.69 Å². The van der Waals surface area contributed by atoms with E-state index in [1.54, 1.807) is 14.0 Å². The number of nitrogens with one attached hydrogen (secondary N) is 2. The number of ether oxygens (including phenoxy) is 1. The quantitative estimate of drug-likeness (QED) is 0.804. The number of pyridine rings is 1. The first-order valence-electron chi connectivity index (χ1n) is 6.39. The predicted octanol–water partition coefficient (Wildman–Crippen LogP) is 3.88. The van der Waals surface area contributed by atoms with Gasteiger partial charge in [0.25, 0.3) is 0 Å². The molecular weight excluding hydrogens is 226 g/mol. The van der Waals surface area contributed by atoms with Crippen LogP contribution in [-0.2, 0) is 0 Å². The Morgan fingerprint density at radius 1 is 1.28 bits per heavy atom. The van der Waals surface area contributed by atoms with Gasteiger partial charge < -0.3 is 15.5 Å². The van der Waals surface area contributed by atoms with Gasteiger partial charge in [0.2, 0.25) is 5.88 Å². The van der Waals surface area contributed by atoms with Crippen LogP contribution in [0.3, 0.4) is 0 Å². The molecule has 1 rings (SSSR count). The van der Waals surface area contributed by atoms with Crippen molar-refractivity contribution < 1.29 is 4.74 Å². The third-order valence-electron chi connectivity index (χ3n) is 1.95. The molecule has 0 aromatic carbocycles. The second-order valence-electron chi connectivity index (χ2n) is 3.07. The average Bonchev–Trinajstić information content (AvgIpc) is 2.41. The molecule has 0 radical (unpaired) electrons. The van der Waals surface area contributed by atoms with Gasteiger partial charge in [0.05, 0.1) is 18.4 Å². The highest BCUT2D eigenvalue weighted by Crippen LogP contribution is 2.25. The number of hydrogen-bond donors (Lipinski definition) is 2. The van der Waals surface area contributed by atoms with Crippen LogP contribution in [0.15, 0.2) is 6.07 Å². The van der Waals surface area contributed by atoms with E-state index in [0.717, 1.165) is 16.9 Å². The monoisotopic (exact) mass is 253 g/mol. The number of anilines is 1. The molecule has 0 bridgehead atoms. The van der Waals surface area contributed by atoms with Crippen LogP contribution < -0.4 is 10.1 Å². The Kier molecular flexibility index (Phi) is 11.0. The van der Waals surface area contributed by atoms with Gasteiger partial charge in [0.1, 0.15) is 0 Å². The van der Waals surface area contributed by atoms with Crippen molar-refractivity contribution in [1.82, 2.24) is 4.98 Å². The molecule has 0 fully saturated rings. The molecule has 0 aliphatic carbocycles. The normalized spacial score (nSPS) is 8.22. The molecular formula is C14H27N3O. The van der Waals surface area contributed by atoms with E-state index in [1.165, 1.54) is 0 Å². The smallest absolute Gasteiger partial charge is 0.224 e. The maximum absolute atomic E-state index is 7.63. The standard InChI is InChI=1S/C10H15N3O.2C2H6/c1-6-5-8(12-3)9(7(2)11)10(13-6)14-4;2*1-2/h5,11H,1-4H3,(H,12,13);2*1-2H3. The van der Waals surface area contributed by atoms with E-state index in [-0.39, 0.29) is 0 Å². The third-order valence-corrected chi connectivity index (χ3v) is 1.95. The molecule has 0 unspecified atom stereocenters. The summed E-state index contributed by atoms with van der Waals surface area (Å²) in [5.74, 6) is 0.502. The van der Waals surface area contributed by atoms with Crippen LogP contribution in [0, 0.1) is 12.3 Å². The van der Waals surface area contributed by atoms with E-state index in [1.807, 2.05) is 47.7 Å². The minimum Gasteiger partial charge on any atom is -0.480 e. The Hall–Kier alpha value is -1.58. The summed E-state index contributed by atoms with van der Waals surface area (Å²) in [6, 6.07) is 1.90. The van der Waals surface area contributed by atoms with Gasteiger partial charge in [-0.25, -0.2) is 4.98 Å². The minimum atomic E-state index is 0.443. The van der Waals surface area contributed by atoms with E-state index in [0.29, 0.717) is 11.6 Å². The summed E-state index contributed by atoms with van der Waals surface area (Å²) in [5, 5.41) is 10.7. The summed E-state index contributed by atoms with van der Waals surface area (Å²) in [6.07, 6.45) is 0. The van der Waals surface area contributed by atoms with Crippen LogP contribution in [0.2, 0.25) is 0 Å². The summed E-state index contributed by atoms with van der Waals surface area (Å²) in [6.45, 7) is 11.6. The number of methoxy groups -OCH3 is 1. The zero-order valence-electron chi connectivity index (χ0n) is 12.9. The van der Waals surface area contributed by atoms with Crippen molar-refractivity contribution in [2.75, 3.05) is 19.5 Å². The van der Waals surface area contributed by atoms with Crippen molar-refractivity contribution in [2.24, 2.45) is 0 Å². The molecule has 104 valence electrons. The van der Waals surface area contributed by atoms with Crippen molar-refractivity contribution >= 4 is 11.4 Å². The Balaban J connectivity index is 0. The summed E-state index contributed by atoms with van der Waals surface area (Å²) in [5.41, 5.74) is 2.91. The Labute approximate surface area is 111 Å². The molecule has 2 N–H and O–H groups in total. The molecule has 1 heterocycles. The molecule has 18 heavy (non-hydrogen) atoms. The number of nitrogens with zero attached hydrogens (tertiary/aromatic N) is 1. The summed E-state index contributed by atoms with van der Waals surface area (Å²) in [4.78, 5) is 4.22. The maximum atomic E-state index is 7.63. The molecule has 0 spiro atoms. The lowest BCUT2D eigenvalue weighted by Crippen LogP contribution is -2.06. The fraction of sp³-hybridized carbons (Fsp3) is 0.571. The van der Waals surface area contributed by atoms with Crippen LogP contribution >= 0.6 is 0 Å². The zero-order chi connectivity index (χ0) is 14.7. The van der Waals surface area contributed by atoms with Crippen molar-refractivity contribution in [3.8, 4) is 5.88 Å². The lowest BCUT2D eigenvalue weighted by atomic mass is 10.1. The molecule has 1 aromatic heterocycles. The minimum absolute atomic E-state index is 0.443. The lowest BCUT2D eigenvalue weighted by Gasteiger charge is -2.12. The molecule has 4 nitrogen and oxygen atoms in total. The molecule has 0 amide bonds. The Bertz CT molecular complexity index is 337. The highest BCUT2D eigenvalue weighted by molar-refractivity contribution is 6.03. The SMILES string of the molecule is CC.CC.CNc1cc(C)nc(OC)c1C(C)=N. The number of rotatable bonds is 3. The fourth-order valence-electron chi connectivity index (χ4n) is 1.35. The van der Waals surface area contributed by atoms with Crippen LogP contribution in [0.1, 0.15) is 45.9 Å². The summed E-state index contributed by atoms with van der Waals surface area (Å²) >= 11 is 0. The molecule has 0 aliphatic heterocycles. The van der Waals surface area contributed by atoms with Crippen LogP contribution in [0.25, 0.3) is 0 Å². The van der Waals surface area contributed by atoms with E-state index >= 15 is 0 Å². The van der Waals surface area contributed by atoms with E-state index < -0.39 is 0 Å².